The fourth-order valence-electron chi connectivity index (χ4n) is 1.21. The van der Waals surface area contributed by atoms with Crippen molar-refractivity contribution in [2.75, 3.05) is 12.9 Å². The molecule has 0 saturated heterocycles. The van der Waals surface area contributed by atoms with Gasteiger partial charge in [-0.1, -0.05) is 18.5 Å². The molecule has 0 atom stereocenters. The van der Waals surface area contributed by atoms with Crippen LogP contribution >= 0.6 is 23.4 Å². The number of hydrogen-bond donors (Lipinski definition) is 0. The molecule has 0 fully saturated rings. The number of carbonyl (C=O) groups excluding carboxylic acids is 1. The van der Waals surface area contributed by atoms with Crippen molar-refractivity contribution < 1.29 is 9.53 Å². The van der Waals surface area contributed by atoms with Gasteiger partial charge in [-0.2, -0.15) is 0 Å². The maximum absolute atomic E-state index is 11.2. The fourth-order valence-corrected chi connectivity index (χ4v) is 2.20. The number of rotatable bonds is 4. The number of esters is 1. The monoisotopic (exact) mass is 244 g/mol. The number of halogens is 1. The van der Waals surface area contributed by atoms with Crippen molar-refractivity contribution in [3.05, 3.63) is 28.8 Å². The lowest BCUT2D eigenvalue weighted by Gasteiger charge is -2.07. The molecule has 0 aromatic heterocycles. The summed E-state index contributed by atoms with van der Waals surface area (Å²) in [4.78, 5) is 12.3. The minimum absolute atomic E-state index is 0.241. The van der Waals surface area contributed by atoms with Gasteiger partial charge < -0.3 is 4.74 Å². The van der Waals surface area contributed by atoms with Crippen LogP contribution in [0.5, 0.6) is 0 Å². The number of methoxy groups -OCH3 is 1. The van der Waals surface area contributed by atoms with Gasteiger partial charge in [-0.15, -0.1) is 11.8 Å². The average Bonchev–Trinajstić information content (AvgIpc) is 2.22. The molecule has 0 aliphatic heterocycles. The zero-order valence-electron chi connectivity index (χ0n) is 8.75. The fraction of sp³-hybridized carbons (Fsp3) is 0.364. The Kier molecular flexibility index (Phi) is 4.99. The smallest absolute Gasteiger partial charge is 0.310 e. The van der Waals surface area contributed by atoms with E-state index in [9.17, 15) is 4.79 Å². The second-order valence-corrected chi connectivity index (χ2v) is 4.68. The highest BCUT2D eigenvalue weighted by molar-refractivity contribution is 7.99. The lowest BCUT2D eigenvalue weighted by Crippen LogP contribution is -2.05. The van der Waals surface area contributed by atoms with Gasteiger partial charge in [-0.3, -0.25) is 4.79 Å². The van der Waals surface area contributed by atoms with E-state index in [1.807, 2.05) is 18.2 Å². The Labute approximate surface area is 99.0 Å². The Morgan fingerprint density at radius 3 is 2.87 bits per heavy atom. The van der Waals surface area contributed by atoms with Crippen molar-refractivity contribution in [3.63, 3.8) is 0 Å². The molecule has 0 bridgehead atoms. The molecule has 0 N–H and O–H groups in total. The van der Waals surface area contributed by atoms with Crippen molar-refractivity contribution in [1.82, 2.24) is 0 Å². The largest absolute Gasteiger partial charge is 0.469 e. The van der Waals surface area contributed by atoms with Crippen LogP contribution in [0.2, 0.25) is 5.02 Å². The van der Waals surface area contributed by atoms with Crippen molar-refractivity contribution in [2.45, 2.75) is 18.2 Å². The van der Waals surface area contributed by atoms with Crippen LogP contribution in [-0.4, -0.2) is 18.8 Å². The summed E-state index contributed by atoms with van der Waals surface area (Å²) in [7, 11) is 1.39. The first-order valence-corrected chi connectivity index (χ1v) is 6.01. The van der Waals surface area contributed by atoms with Crippen LogP contribution in [0.25, 0.3) is 0 Å². The first-order chi connectivity index (χ1) is 7.17. The Bertz CT molecular complexity index is 352. The maximum Gasteiger partial charge on any atom is 0.310 e. The second kappa shape index (κ2) is 6.03. The summed E-state index contributed by atoms with van der Waals surface area (Å²) in [5, 5.41) is 0.648. The zero-order chi connectivity index (χ0) is 11.3. The van der Waals surface area contributed by atoms with Crippen LogP contribution in [0, 0.1) is 0 Å². The number of benzene rings is 1. The Morgan fingerprint density at radius 1 is 1.53 bits per heavy atom. The van der Waals surface area contributed by atoms with Gasteiger partial charge in [0.2, 0.25) is 0 Å². The first-order valence-electron chi connectivity index (χ1n) is 4.65. The summed E-state index contributed by atoms with van der Waals surface area (Å²) >= 11 is 7.58. The third-order valence-electron chi connectivity index (χ3n) is 1.88. The lowest BCUT2D eigenvalue weighted by molar-refractivity contribution is -0.139. The number of carbonyl (C=O) groups is 1. The van der Waals surface area contributed by atoms with Gasteiger partial charge in [0.05, 0.1) is 13.5 Å². The molecule has 15 heavy (non-hydrogen) atoms. The van der Waals surface area contributed by atoms with Crippen molar-refractivity contribution in [1.29, 1.82) is 0 Å². The molecule has 0 heterocycles. The Morgan fingerprint density at radius 2 is 2.27 bits per heavy atom. The summed E-state index contributed by atoms with van der Waals surface area (Å²) in [6.07, 6.45) is 0.277. The highest BCUT2D eigenvalue weighted by atomic mass is 35.5. The molecule has 0 spiro atoms. The summed E-state index contributed by atoms with van der Waals surface area (Å²) in [6, 6.07) is 5.59. The van der Waals surface area contributed by atoms with Crippen LogP contribution in [-0.2, 0) is 16.0 Å². The molecular formula is C11H13ClO2S. The molecule has 1 aromatic carbocycles. The standard InChI is InChI=1S/C11H13ClO2S/c1-3-15-10-5-4-9(12)6-8(10)7-11(13)14-2/h4-6H,3,7H2,1-2H3. The van der Waals surface area contributed by atoms with E-state index in [0.717, 1.165) is 16.2 Å². The summed E-state index contributed by atoms with van der Waals surface area (Å²) in [5.41, 5.74) is 0.932. The molecule has 1 rings (SSSR count). The van der Waals surface area contributed by atoms with Gasteiger partial charge in [0.15, 0.2) is 0 Å². The predicted molar refractivity (Wildman–Crippen MR) is 63.6 cm³/mol. The molecule has 0 amide bonds. The van der Waals surface area contributed by atoms with E-state index in [1.54, 1.807) is 11.8 Å². The molecule has 82 valence electrons. The SMILES string of the molecule is CCSc1ccc(Cl)cc1CC(=O)OC. The van der Waals surface area contributed by atoms with Crippen molar-refractivity contribution in [3.8, 4) is 0 Å². The van der Waals surface area contributed by atoms with E-state index in [2.05, 4.69) is 11.7 Å². The van der Waals surface area contributed by atoms with E-state index in [4.69, 9.17) is 11.6 Å². The number of ether oxygens (including phenoxy) is 1. The van der Waals surface area contributed by atoms with E-state index in [1.165, 1.54) is 7.11 Å². The van der Waals surface area contributed by atoms with Crippen LogP contribution in [0.1, 0.15) is 12.5 Å². The van der Waals surface area contributed by atoms with Crippen LogP contribution < -0.4 is 0 Å². The van der Waals surface area contributed by atoms with Crippen LogP contribution in [0.4, 0.5) is 0 Å². The van der Waals surface area contributed by atoms with Gasteiger partial charge in [-0.25, -0.2) is 0 Å². The maximum atomic E-state index is 11.2. The lowest BCUT2D eigenvalue weighted by atomic mass is 10.1. The van der Waals surface area contributed by atoms with Crippen molar-refractivity contribution in [2.24, 2.45) is 0 Å². The highest BCUT2D eigenvalue weighted by Crippen LogP contribution is 2.26. The average molecular weight is 245 g/mol. The second-order valence-electron chi connectivity index (χ2n) is 2.94. The Balaban J connectivity index is 2.91. The molecule has 0 unspecified atom stereocenters. The molecule has 2 nitrogen and oxygen atoms in total. The predicted octanol–water partition coefficient (Wildman–Crippen LogP) is 3.17. The summed E-state index contributed by atoms with van der Waals surface area (Å²) in [6.45, 7) is 2.07. The van der Waals surface area contributed by atoms with Crippen LogP contribution in [0.3, 0.4) is 0 Å². The van der Waals surface area contributed by atoms with Gasteiger partial charge >= 0.3 is 5.97 Å². The van der Waals surface area contributed by atoms with Gasteiger partial charge in [0.1, 0.15) is 0 Å². The molecule has 0 radical (unpaired) electrons. The minimum atomic E-state index is -0.241. The zero-order valence-corrected chi connectivity index (χ0v) is 10.3. The molecule has 0 aliphatic rings. The third-order valence-corrected chi connectivity index (χ3v) is 3.12. The normalized spacial score (nSPS) is 10.1. The minimum Gasteiger partial charge on any atom is -0.469 e. The number of hydrogen-bond acceptors (Lipinski definition) is 3. The van der Waals surface area contributed by atoms with Gasteiger partial charge in [0, 0.05) is 9.92 Å². The van der Waals surface area contributed by atoms with E-state index in [-0.39, 0.29) is 12.4 Å². The molecule has 0 saturated carbocycles. The van der Waals surface area contributed by atoms with Crippen LogP contribution in [0.15, 0.2) is 23.1 Å². The number of thioether (sulfide) groups is 1. The van der Waals surface area contributed by atoms with E-state index in [0.29, 0.717) is 5.02 Å². The third kappa shape index (κ3) is 3.76. The van der Waals surface area contributed by atoms with Gasteiger partial charge in [0.25, 0.3) is 0 Å². The van der Waals surface area contributed by atoms with Gasteiger partial charge in [-0.05, 0) is 29.5 Å². The molecule has 4 heteroatoms. The summed E-state index contributed by atoms with van der Waals surface area (Å²) < 4.78 is 4.64. The quantitative estimate of drug-likeness (QED) is 0.601. The topological polar surface area (TPSA) is 26.3 Å². The highest BCUT2D eigenvalue weighted by Gasteiger charge is 2.08. The Hall–Kier alpha value is -0.670. The first kappa shape index (κ1) is 12.4. The molecular weight excluding hydrogens is 232 g/mol. The molecule has 0 aliphatic carbocycles. The van der Waals surface area contributed by atoms with E-state index >= 15 is 0 Å². The summed E-state index contributed by atoms with van der Waals surface area (Å²) in [5.74, 6) is 0.728. The van der Waals surface area contributed by atoms with E-state index < -0.39 is 0 Å². The van der Waals surface area contributed by atoms with Crippen molar-refractivity contribution >= 4 is 29.3 Å². The molecule has 1 aromatic rings.